The fourth-order valence-corrected chi connectivity index (χ4v) is 2.35. The maximum absolute atomic E-state index is 11.9. The molecule has 0 saturated carbocycles. The van der Waals surface area contributed by atoms with Gasteiger partial charge in [0.1, 0.15) is 6.17 Å². The second-order valence-electron chi connectivity index (χ2n) is 5.55. The van der Waals surface area contributed by atoms with E-state index in [2.05, 4.69) is 16.0 Å². The Morgan fingerprint density at radius 2 is 1.83 bits per heavy atom. The van der Waals surface area contributed by atoms with Gasteiger partial charge in [0.25, 0.3) is 0 Å². The van der Waals surface area contributed by atoms with Crippen LogP contribution in [0.2, 0.25) is 0 Å². The maximum atomic E-state index is 11.9. The average Bonchev–Trinajstić information content (AvgIpc) is 2.38. The predicted octanol–water partition coefficient (Wildman–Crippen LogP) is 4.14. The molecule has 1 aromatic rings. The summed E-state index contributed by atoms with van der Waals surface area (Å²) in [4.78, 5) is 11.9. The number of para-hydroxylation sites is 1. The summed E-state index contributed by atoms with van der Waals surface area (Å²) in [7, 11) is 0. The van der Waals surface area contributed by atoms with E-state index in [0.29, 0.717) is 6.42 Å². The third kappa shape index (κ3) is 7.57. The van der Waals surface area contributed by atoms with E-state index in [1.807, 2.05) is 45.0 Å². The van der Waals surface area contributed by atoms with Gasteiger partial charge >= 0.3 is 0 Å². The zero-order valence-corrected chi connectivity index (χ0v) is 16.2. The molecule has 23 heavy (non-hydrogen) atoms. The molecule has 4 nitrogen and oxygen atoms in total. The van der Waals surface area contributed by atoms with Crippen molar-refractivity contribution in [1.29, 1.82) is 0 Å². The van der Waals surface area contributed by atoms with Crippen molar-refractivity contribution in [3.05, 3.63) is 29.8 Å². The lowest BCUT2D eigenvalue weighted by molar-refractivity contribution is -0.122. The van der Waals surface area contributed by atoms with Gasteiger partial charge in [0.15, 0.2) is 5.11 Å². The molecule has 128 valence electrons. The lowest BCUT2D eigenvalue weighted by Crippen LogP contribution is -2.56. The van der Waals surface area contributed by atoms with E-state index in [9.17, 15) is 4.79 Å². The van der Waals surface area contributed by atoms with Gasteiger partial charge in [-0.15, -0.1) is 0 Å². The number of amides is 1. The Morgan fingerprint density at radius 1 is 1.22 bits per heavy atom. The van der Waals surface area contributed by atoms with Crippen molar-refractivity contribution in [1.82, 2.24) is 10.6 Å². The Bertz CT molecular complexity index is 561. The van der Waals surface area contributed by atoms with E-state index in [4.69, 9.17) is 47.0 Å². The number of alkyl halides is 3. The SMILES string of the molecule is Cc1ccccc1NC(=S)NC(NC(=O)CC(C)C)C(Cl)(Cl)Cl. The van der Waals surface area contributed by atoms with E-state index < -0.39 is 9.96 Å². The molecule has 3 N–H and O–H groups in total. The molecule has 1 atom stereocenters. The summed E-state index contributed by atoms with van der Waals surface area (Å²) in [5.74, 6) is -0.0226. The number of carbonyl (C=O) groups is 1. The molecule has 0 bridgehead atoms. The van der Waals surface area contributed by atoms with Gasteiger partial charge in [-0.05, 0) is 36.7 Å². The number of anilines is 1. The number of hydrogen-bond donors (Lipinski definition) is 3. The van der Waals surface area contributed by atoms with Crippen molar-refractivity contribution in [2.24, 2.45) is 5.92 Å². The molecule has 1 amide bonds. The van der Waals surface area contributed by atoms with Crippen LogP contribution < -0.4 is 16.0 Å². The summed E-state index contributed by atoms with van der Waals surface area (Å²) in [6.45, 7) is 5.81. The molecule has 1 aromatic carbocycles. The summed E-state index contributed by atoms with van der Waals surface area (Å²) >= 11 is 23.0. The third-order valence-corrected chi connectivity index (χ3v) is 3.77. The summed E-state index contributed by atoms with van der Waals surface area (Å²) in [5, 5.41) is 8.75. The van der Waals surface area contributed by atoms with Crippen LogP contribution in [0.25, 0.3) is 0 Å². The van der Waals surface area contributed by atoms with Crippen LogP contribution in [0.15, 0.2) is 24.3 Å². The number of nitrogens with one attached hydrogen (secondary N) is 3. The lowest BCUT2D eigenvalue weighted by atomic mass is 10.1. The zero-order valence-electron chi connectivity index (χ0n) is 13.1. The van der Waals surface area contributed by atoms with Crippen molar-refractivity contribution in [2.75, 3.05) is 5.32 Å². The van der Waals surface area contributed by atoms with E-state index >= 15 is 0 Å². The van der Waals surface area contributed by atoms with Gasteiger partial charge in [-0.3, -0.25) is 4.79 Å². The molecule has 1 unspecified atom stereocenters. The highest BCUT2D eigenvalue weighted by Crippen LogP contribution is 2.29. The van der Waals surface area contributed by atoms with Gasteiger partial charge in [-0.1, -0.05) is 66.8 Å². The second-order valence-corrected chi connectivity index (χ2v) is 8.33. The van der Waals surface area contributed by atoms with Crippen LogP contribution in [0, 0.1) is 12.8 Å². The van der Waals surface area contributed by atoms with E-state index in [1.165, 1.54) is 0 Å². The number of halogens is 3. The van der Waals surface area contributed by atoms with Gasteiger partial charge in [0.05, 0.1) is 0 Å². The number of thiocarbonyl (C=S) groups is 1. The Balaban J connectivity index is 2.72. The van der Waals surface area contributed by atoms with Crippen LogP contribution in [0.1, 0.15) is 25.8 Å². The largest absolute Gasteiger partial charge is 0.339 e. The van der Waals surface area contributed by atoms with Crippen molar-refractivity contribution < 1.29 is 4.79 Å². The molecule has 0 spiro atoms. The molecular formula is C15H20Cl3N3OS. The molecule has 0 aliphatic heterocycles. The summed E-state index contributed by atoms with van der Waals surface area (Å²) in [6.07, 6.45) is -0.612. The van der Waals surface area contributed by atoms with Crippen LogP contribution in [0.4, 0.5) is 5.69 Å². The van der Waals surface area contributed by atoms with Crippen molar-refractivity contribution in [3.63, 3.8) is 0 Å². The highest BCUT2D eigenvalue weighted by atomic mass is 35.6. The monoisotopic (exact) mass is 395 g/mol. The number of aryl methyl sites for hydroxylation is 1. The molecule has 0 aliphatic carbocycles. The topological polar surface area (TPSA) is 53.2 Å². The molecule has 0 heterocycles. The normalized spacial score (nSPS) is 12.7. The smallest absolute Gasteiger partial charge is 0.228 e. The van der Waals surface area contributed by atoms with Crippen molar-refractivity contribution in [3.8, 4) is 0 Å². The first kappa shape index (κ1) is 20.3. The fraction of sp³-hybridized carbons (Fsp3) is 0.467. The quantitative estimate of drug-likeness (QED) is 0.398. The Morgan fingerprint density at radius 3 is 2.35 bits per heavy atom. The van der Waals surface area contributed by atoms with Crippen LogP contribution in [0.5, 0.6) is 0 Å². The Hall–Kier alpha value is -0.750. The molecule has 1 rings (SSSR count). The average molecular weight is 397 g/mol. The first-order valence-electron chi connectivity index (χ1n) is 7.09. The standard InChI is InChI=1S/C15H20Cl3N3OS/c1-9(2)8-12(22)20-13(15(16,17)18)21-14(23)19-11-7-5-4-6-10(11)3/h4-7,9,13H,8H2,1-3H3,(H,20,22)(H2,19,21,23). The van der Waals surface area contributed by atoms with Gasteiger partial charge in [0, 0.05) is 12.1 Å². The number of benzene rings is 1. The van der Waals surface area contributed by atoms with Crippen LogP contribution >= 0.6 is 47.0 Å². The molecule has 0 radical (unpaired) electrons. The van der Waals surface area contributed by atoms with Crippen LogP contribution in [-0.4, -0.2) is 21.0 Å². The first-order valence-corrected chi connectivity index (χ1v) is 8.63. The molecule has 0 saturated heterocycles. The van der Waals surface area contributed by atoms with E-state index in [-0.39, 0.29) is 16.9 Å². The van der Waals surface area contributed by atoms with Gasteiger partial charge in [0.2, 0.25) is 9.70 Å². The molecule has 0 aliphatic rings. The minimum absolute atomic E-state index is 0.197. The zero-order chi connectivity index (χ0) is 17.6. The third-order valence-electron chi connectivity index (χ3n) is 2.89. The predicted molar refractivity (Wildman–Crippen MR) is 102 cm³/mol. The van der Waals surface area contributed by atoms with E-state index in [1.54, 1.807) is 0 Å². The first-order chi connectivity index (χ1) is 10.6. The number of carbonyl (C=O) groups excluding carboxylic acids is 1. The molecule has 8 heteroatoms. The Labute approximate surface area is 157 Å². The minimum Gasteiger partial charge on any atom is -0.339 e. The second kappa shape index (κ2) is 8.92. The summed E-state index contributed by atoms with van der Waals surface area (Å²) in [6, 6.07) is 7.63. The molecule has 0 aromatic heterocycles. The number of rotatable bonds is 5. The van der Waals surface area contributed by atoms with E-state index in [0.717, 1.165) is 11.3 Å². The lowest BCUT2D eigenvalue weighted by Gasteiger charge is -2.28. The highest BCUT2D eigenvalue weighted by molar-refractivity contribution is 7.80. The van der Waals surface area contributed by atoms with Crippen molar-refractivity contribution >= 4 is 63.7 Å². The van der Waals surface area contributed by atoms with Gasteiger partial charge in [-0.2, -0.15) is 0 Å². The summed E-state index contributed by atoms with van der Waals surface area (Å²) < 4.78 is -1.75. The molecular weight excluding hydrogens is 377 g/mol. The van der Waals surface area contributed by atoms with Crippen molar-refractivity contribution in [2.45, 2.75) is 37.2 Å². The molecule has 0 fully saturated rings. The highest BCUT2D eigenvalue weighted by Gasteiger charge is 2.34. The van der Waals surface area contributed by atoms with Gasteiger partial charge < -0.3 is 16.0 Å². The van der Waals surface area contributed by atoms with Crippen LogP contribution in [-0.2, 0) is 4.79 Å². The Kier molecular flexibility index (Phi) is 7.87. The number of hydrogen-bond acceptors (Lipinski definition) is 2. The summed E-state index contributed by atoms with van der Waals surface area (Å²) in [5.41, 5.74) is 1.85. The minimum atomic E-state index is -1.75. The fourth-order valence-electron chi connectivity index (χ4n) is 1.79. The van der Waals surface area contributed by atoms with Crippen LogP contribution in [0.3, 0.4) is 0 Å². The maximum Gasteiger partial charge on any atom is 0.228 e. The van der Waals surface area contributed by atoms with Gasteiger partial charge in [-0.25, -0.2) is 0 Å².